The van der Waals surface area contributed by atoms with Gasteiger partial charge in [0.15, 0.2) is 0 Å². The molecule has 0 aliphatic carbocycles. The van der Waals surface area contributed by atoms with Crippen molar-refractivity contribution in [1.29, 1.82) is 0 Å². The minimum Gasteiger partial charge on any atom is -0.497 e. The number of rotatable bonds is 7. The number of sulfonamides is 1. The number of nitrogens with one attached hydrogen (secondary N) is 1. The van der Waals surface area contributed by atoms with Gasteiger partial charge in [0, 0.05) is 19.2 Å². The number of anilines is 1. The van der Waals surface area contributed by atoms with Crippen molar-refractivity contribution in [2.24, 2.45) is 5.92 Å². The number of piperidine rings is 1. The summed E-state index contributed by atoms with van der Waals surface area (Å²) in [4.78, 5) is 13.1. The van der Waals surface area contributed by atoms with Crippen LogP contribution in [0.3, 0.4) is 0 Å². The molecule has 8 nitrogen and oxygen atoms in total. The van der Waals surface area contributed by atoms with Gasteiger partial charge in [0.2, 0.25) is 10.0 Å². The van der Waals surface area contributed by atoms with Gasteiger partial charge in [-0.2, -0.15) is 4.31 Å². The molecule has 168 valence electrons. The largest absolute Gasteiger partial charge is 0.497 e. The van der Waals surface area contributed by atoms with Crippen LogP contribution in [0, 0.1) is 5.92 Å². The van der Waals surface area contributed by atoms with Crippen molar-refractivity contribution < 1.29 is 27.4 Å². The summed E-state index contributed by atoms with van der Waals surface area (Å²) in [7, 11) is 0.730. The highest BCUT2D eigenvalue weighted by Gasteiger charge is 2.29. The first-order valence-corrected chi connectivity index (χ1v) is 11.5. The minimum atomic E-state index is -3.71. The molecule has 1 amide bonds. The average Bonchev–Trinajstić information content (AvgIpc) is 2.78. The molecule has 0 saturated carbocycles. The highest BCUT2D eigenvalue weighted by atomic mass is 32.2. The van der Waals surface area contributed by atoms with E-state index in [9.17, 15) is 13.2 Å². The van der Waals surface area contributed by atoms with E-state index in [4.69, 9.17) is 14.2 Å². The SMILES string of the molecule is COc1ccc(OC)c(NC(=O)c2cc(S(=O)(=O)N3CCC(C)CC3)ccc2OC)c1. The van der Waals surface area contributed by atoms with Crippen molar-refractivity contribution in [1.82, 2.24) is 4.31 Å². The van der Waals surface area contributed by atoms with Crippen LogP contribution >= 0.6 is 0 Å². The second-order valence-corrected chi connectivity index (χ2v) is 9.41. The topological polar surface area (TPSA) is 94.2 Å². The zero-order valence-electron chi connectivity index (χ0n) is 18.2. The number of carbonyl (C=O) groups excluding carboxylic acids is 1. The quantitative estimate of drug-likeness (QED) is 0.698. The van der Waals surface area contributed by atoms with E-state index < -0.39 is 15.9 Å². The number of benzene rings is 2. The zero-order valence-corrected chi connectivity index (χ0v) is 19.0. The van der Waals surface area contributed by atoms with Crippen molar-refractivity contribution in [2.75, 3.05) is 39.7 Å². The van der Waals surface area contributed by atoms with Crippen molar-refractivity contribution in [2.45, 2.75) is 24.7 Å². The average molecular weight is 449 g/mol. The first kappa shape index (κ1) is 22.9. The van der Waals surface area contributed by atoms with Gasteiger partial charge in [-0.25, -0.2) is 8.42 Å². The van der Waals surface area contributed by atoms with E-state index in [-0.39, 0.29) is 16.2 Å². The molecule has 1 heterocycles. The molecule has 1 aliphatic rings. The molecule has 0 spiro atoms. The molecule has 2 aromatic carbocycles. The van der Waals surface area contributed by atoms with Gasteiger partial charge >= 0.3 is 0 Å². The van der Waals surface area contributed by atoms with E-state index in [1.807, 2.05) is 0 Å². The zero-order chi connectivity index (χ0) is 22.6. The molecule has 0 bridgehead atoms. The summed E-state index contributed by atoms with van der Waals surface area (Å²) in [5.41, 5.74) is 0.506. The minimum absolute atomic E-state index is 0.0608. The van der Waals surface area contributed by atoms with Crippen LogP contribution in [0.15, 0.2) is 41.3 Å². The van der Waals surface area contributed by atoms with Crippen molar-refractivity contribution in [3.05, 3.63) is 42.0 Å². The molecule has 1 N–H and O–H groups in total. The predicted octanol–water partition coefficient (Wildman–Crippen LogP) is 3.39. The number of methoxy groups -OCH3 is 3. The molecule has 0 aromatic heterocycles. The van der Waals surface area contributed by atoms with Gasteiger partial charge in [-0.3, -0.25) is 4.79 Å². The second-order valence-electron chi connectivity index (χ2n) is 7.47. The molecular weight excluding hydrogens is 420 g/mol. The van der Waals surface area contributed by atoms with Gasteiger partial charge in [-0.05, 0) is 49.1 Å². The van der Waals surface area contributed by atoms with Gasteiger partial charge in [0.1, 0.15) is 17.2 Å². The van der Waals surface area contributed by atoms with E-state index in [2.05, 4.69) is 12.2 Å². The number of hydrogen-bond donors (Lipinski definition) is 1. The van der Waals surface area contributed by atoms with Crippen LogP contribution in [0.1, 0.15) is 30.1 Å². The van der Waals surface area contributed by atoms with Gasteiger partial charge in [-0.1, -0.05) is 6.92 Å². The molecule has 0 radical (unpaired) electrons. The van der Waals surface area contributed by atoms with Gasteiger partial charge < -0.3 is 19.5 Å². The molecule has 3 rings (SSSR count). The fourth-order valence-corrected chi connectivity index (χ4v) is 5.00. The van der Waals surface area contributed by atoms with Crippen LogP contribution in [0.25, 0.3) is 0 Å². The summed E-state index contributed by atoms with van der Waals surface area (Å²) in [5, 5.41) is 2.76. The van der Waals surface area contributed by atoms with Gasteiger partial charge in [-0.15, -0.1) is 0 Å². The van der Waals surface area contributed by atoms with Crippen LogP contribution in [0.2, 0.25) is 0 Å². The van der Waals surface area contributed by atoms with Crippen LogP contribution in [-0.2, 0) is 10.0 Å². The third-order valence-electron chi connectivity index (χ3n) is 5.45. The fourth-order valence-electron chi connectivity index (χ4n) is 3.50. The van der Waals surface area contributed by atoms with E-state index in [1.165, 1.54) is 43.8 Å². The Morgan fingerprint density at radius 3 is 2.23 bits per heavy atom. The molecule has 0 unspecified atom stereocenters. The molecule has 1 fully saturated rings. The Kier molecular flexibility index (Phi) is 7.07. The summed E-state index contributed by atoms with van der Waals surface area (Å²) in [6.07, 6.45) is 1.64. The maximum atomic E-state index is 13.1. The molecule has 2 aromatic rings. The van der Waals surface area contributed by atoms with Crippen LogP contribution < -0.4 is 19.5 Å². The van der Waals surface area contributed by atoms with Crippen molar-refractivity contribution >= 4 is 21.6 Å². The lowest BCUT2D eigenvalue weighted by atomic mass is 10.0. The number of amides is 1. The molecule has 31 heavy (non-hydrogen) atoms. The Morgan fingerprint density at radius 2 is 1.61 bits per heavy atom. The summed E-state index contributed by atoms with van der Waals surface area (Å²) in [6.45, 7) is 3.06. The number of carbonyl (C=O) groups is 1. The number of ether oxygens (including phenoxy) is 3. The van der Waals surface area contributed by atoms with E-state index >= 15 is 0 Å². The Bertz CT molecular complexity index is 1050. The van der Waals surface area contributed by atoms with Crippen LogP contribution in [0.4, 0.5) is 5.69 Å². The maximum Gasteiger partial charge on any atom is 0.259 e. The van der Waals surface area contributed by atoms with Crippen molar-refractivity contribution in [3.8, 4) is 17.2 Å². The second kappa shape index (κ2) is 9.57. The number of hydrogen-bond acceptors (Lipinski definition) is 6. The molecular formula is C22H28N2O6S. The summed E-state index contributed by atoms with van der Waals surface area (Å²) >= 11 is 0. The standard InChI is InChI=1S/C22H28N2O6S/c1-15-9-11-24(12-10-15)31(26,27)17-6-8-20(29-3)18(14-17)22(25)23-19-13-16(28-2)5-7-21(19)30-4/h5-8,13-15H,9-12H2,1-4H3,(H,23,25). The molecule has 0 atom stereocenters. The van der Waals surface area contributed by atoms with Crippen LogP contribution in [-0.4, -0.2) is 53.0 Å². The normalized spacial score (nSPS) is 15.4. The first-order valence-electron chi connectivity index (χ1n) is 10.0. The Hall–Kier alpha value is -2.78. The Morgan fingerprint density at radius 1 is 0.968 bits per heavy atom. The highest BCUT2D eigenvalue weighted by molar-refractivity contribution is 7.89. The monoisotopic (exact) mass is 448 g/mol. The highest BCUT2D eigenvalue weighted by Crippen LogP contribution is 2.31. The van der Waals surface area contributed by atoms with E-state index in [0.717, 1.165) is 12.8 Å². The Labute approximate surface area is 183 Å². The molecule has 9 heteroatoms. The lowest BCUT2D eigenvalue weighted by Crippen LogP contribution is -2.37. The fraction of sp³-hybridized carbons (Fsp3) is 0.409. The third-order valence-corrected chi connectivity index (χ3v) is 7.35. The van der Waals surface area contributed by atoms with Crippen molar-refractivity contribution in [3.63, 3.8) is 0 Å². The molecule has 1 aliphatic heterocycles. The summed E-state index contributed by atoms with van der Waals surface area (Å²) < 4.78 is 43.5. The smallest absolute Gasteiger partial charge is 0.259 e. The Balaban J connectivity index is 1.93. The number of nitrogens with zero attached hydrogens (tertiary/aromatic N) is 1. The molecule has 1 saturated heterocycles. The van der Waals surface area contributed by atoms with Gasteiger partial charge in [0.25, 0.3) is 5.91 Å². The first-order chi connectivity index (χ1) is 14.8. The maximum absolute atomic E-state index is 13.1. The third kappa shape index (κ3) is 4.94. The van der Waals surface area contributed by atoms with E-state index in [1.54, 1.807) is 18.2 Å². The summed E-state index contributed by atoms with van der Waals surface area (Å²) in [6, 6.07) is 9.32. The lowest BCUT2D eigenvalue weighted by Gasteiger charge is -2.29. The predicted molar refractivity (Wildman–Crippen MR) is 118 cm³/mol. The van der Waals surface area contributed by atoms with Gasteiger partial charge in [0.05, 0.1) is 37.5 Å². The van der Waals surface area contributed by atoms with E-state index in [0.29, 0.717) is 36.2 Å². The van der Waals surface area contributed by atoms with Crippen LogP contribution in [0.5, 0.6) is 17.2 Å². The summed E-state index contributed by atoms with van der Waals surface area (Å²) in [5.74, 6) is 1.23. The lowest BCUT2D eigenvalue weighted by molar-refractivity contribution is 0.102.